The van der Waals surface area contributed by atoms with Crippen LogP contribution in [-0.2, 0) is 18.4 Å². The Balaban J connectivity index is 4.18. The number of hydrogen-bond donors (Lipinski definition) is 4. The highest BCUT2D eigenvalue weighted by molar-refractivity contribution is 7.47. The largest absolute Gasteiger partial charge is 0.473 e. The SMILES string of the molecule is CCCCCCCCCCCC(=O)C(OP(=O)(O)OCCN)[C@@H](O)CO. The molecular weight excluding hydrogens is 361 g/mol. The van der Waals surface area contributed by atoms with E-state index in [0.29, 0.717) is 6.42 Å². The van der Waals surface area contributed by atoms with Crippen LogP contribution in [0.1, 0.15) is 71.1 Å². The lowest BCUT2D eigenvalue weighted by Crippen LogP contribution is -2.38. The minimum atomic E-state index is -4.52. The average Bonchev–Trinajstić information content (AvgIpc) is 2.62. The number of phosphoric acid groups is 1. The molecule has 0 amide bonds. The maximum absolute atomic E-state index is 12.2. The van der Waals surface area contributed by atoms with Crippen LogP contribution in [-0.4, -0.2) is 52.9 Å². The fourth-order valence-electron chi connectivity index (χ4n) is 2.53. The topological polar surface area (TPSA) is 139 Å². The van der Waals surface area contributed by atoms with Gasteiger partial charge in [-0.15, -0.1) is 0 Å². The van der Waals surface area contributed by atoms with Crippen LogP contribution in [0, 0.1) is 0 Å². The molecule has 0 saturated carbocycles. The van der Waals surface area contributed by atoms with E-state index in [1.54, 1.807) is 0 Å². The number of hydrogen-bond acceptors (Lipinski definition) is 7. The quantitative estimate of drug-likeness (QED) is 0.204. The van der Waals surface area contributed by atoms with Crippen LogP contribution >= 0.6 is 7.82 Å². The number of phosphoric ester groups is 1. The van der Waals surface area contributed by atoms with Gasteiger partial charge in [0.2, 0.25) is 0 Å². The fraction of sp³-hybridized carbons (Fsp3) is 0.941. The number of rotatable bonds is 18. The van der Waals surface area contributed by atoms with Crippen LogP contribution in [0.2, 0.25) is 0 Å². The van der Waals surface area contributed by atoms with E-state index in [1.807, 2.05) is 0 Å². The van der Waals surface area contributed by atoms with E-state index in [-0.39, 0.29) is 19.6 Å². The number of Topliss-reactive ketones (excluding diaryl/α,β-unsaturated/α-hetero) is 1. The monoisotopic (exact) mass is 397 g/mol. The summed E-state index contributed by atoms with van der Waals surface area (Å²) in [5, 5.41) is 18.8. The van der Waals surface area contributed by atoms with Crippen LogP contribution in [0.4, 0.5) is 0 Å². The van der Waals surface area contributed by atoms with Crippen molar-refractivity contribution >= 4 is 13.6 Å². The zero-order chi connectivity index (χ0) is 19.8. The van der Waals surface area contributed by atoms with Crippen molar-refractivity contribution in [3.63, 3.8) is 0 Å². The number of ketones is 1. The molecule has 0 bridgehead atoms. The second kappa shape index (κ2) is 15.7. The molecule has 0 fully saturated rings. The third kappa shape index (κ3) is 12.9. The highest BCUT2D eigenvalue weighted by Crippen LogP contribution is 2.45. The summed E-state index contributed by atoms with van der Waals surface area (Å²) in [4.78, 5) is 21.7. The molecule has 0 aliphatic heterocycles. The molecule has 0 spiro atoms. The molecule has 3 atom stereocenters. The molecule has 0 aromatic rings. The first-order valence-corrected chi connectivity index (χ1v) is 11.0. The van der Waals surface area contributed by atoms with Crippen molar-refractivity contribution in [2.45, 2.75) is 83.3 Å². The first-order chi connectivity index (χ1) is 12.4. The first-order valence-electron chi connectivity index (χ1n) is 9.55. The summed E-state index contributed by atoms with van der Waals surface area (Å²) < 4.78 is 21.1. The third-order valence-electron chi connectivity index (χ3n) is 4.00. The van der Waals surface area contributed by atoms with Crippen molar-refractivity contribution in [2.75, 3.05) is 19.8 Å². The number of aliphatic hydroxyl groups excluding tert-OH is 2. The van der Waals surface area contributed by atoms with Crippen molar-refractivity contribution in [2.24, 2.45) is 5.73 Å². The van der Waals surface area contributed by atoms with E-state index in [2.05, 4.69) is 11.4 Å². The maximum Gasteiger partial charge on any atom is 0.473 e. The molecule has 0 radical (unpaired) electrons. The second-order valence-corrected chi connectivity index (χ2v) is 7.82. The highest BCUT2D eigenvalue weighted by Gasteiger charge is 2.35. The zero-order valence-electron chi connectivity index (χ0n) is 15.8. The molecule has 0 heterocycles. The lowest BCUT2D eigenvalue weighted by molar-refractivity contribution is -0.134. The molecule has 5 N–H and O–H groups in total. The molecule has 9 heteroatoms. The molecule has 0 aliphatic carbocycles. The number of aliphatic hydroxyl groups is 2. The van der Waals surface area contributed by atoms with Crippen molar-refractivity contribution < 1.29 is 33.5 Å². The maximum atomic E-state index is 12.2. The van der Waals surface area contributed by atoms with E-state index >= 15 is 0 Å². The van der Waals surface area contributed by atoms with Gasteiger partial charge < -0.3 is 20.8 Å². The van der Waals surface area contributed by atoms with Crippen LogP contribution in [0.15, 0.2) is 0 Å². The summed E-state index contributed by atoms with van der Waals surface area (Å²) in [7, 11) is -4.52. The zero-order valence-corrected chi connectivity index (χ0v) is 16.7. The van der Waals surface area contributed by atoms with Crippen molar-refractivity contribution in [1.82, 2.24) is 0 Å². The van der Waals surface area contributed by atoms with E-state index in [0.717, 1.165) is 19.3 Å². The Hall–Kier alpha value is -0.340. The Morgan fingerprint density at radius 2 is 1.62 bits per heavy atom. The summed E-state index contributed by atoms with van der Waals surface area (Å²) >= 11 is 0. The third-order valence-corrected chi connectivity index (χ3v) is 5.00. The molecular formula is C17H36NO7P. The lowest BCUT2D eigenvalue weighted by atomic mass is 10.0. The Bertz CT molecular complexity index is 409. The minimum absolute atomic E-state index is 0.00746. The normalized spacial score (nSPS) is 16.2. The Morgan fingerprint density at radius 3 is 2.12 bits per heavy atom. The standard InChI is InChI=1S/C17H36NO7P/c1-2-3-4-5-6-7-8-9-10-11-15(20)17(16(21)14-19)25-26(22,23)24-13-12-18/h16-17,19,21H,2-14,18H2,1H3,(H,22,23)/t16-,17?/m0/s1. The summed E-state index contributed by atoms with van der Waals surface area (Å²) in [5.41, 5.74) is 5.18. The van der Waals surface area contributed by atoms with Crippen molar-refractivity contribution in [3.8, 4) is 0 Å². The summed E-state index contributed by atoms with van der Waals surface area (Å²) in [6, 6.07) is 0. The van der Waals surface area contributed by atoms with Gasteiger partial charge in [-0.2, -0.15) is 0 Å². The Morgan fingerprint density at radius 1 is 1.08 bits per heavy atom. The smallest absolute Gasteiger partial charge is 0.394 e. The van der Waals surface area contributed by atoms with Gasteiger partial charge in [0.05, 0.1) is 13.2 Å². The molecule has 0 aromatic carbocycles. The van der Waals surface area contributed by atoms with Crippen molar-refractivity contribution in [3.05, 3.63) is 0 Å². The first kappa shape index (κ1) is 25.7. The molecule has 0 aromatic heterocycles. The van der Waals surface area contributed by atoms with Crippen LogP contribution < -0.4 is 5.73 Å². The van der Waals surface area contributed by atoms with E-state index in [4.69, 9.17) is 15.4 Å². The van der Waals surface area contributed by atoms with Gasteiger partial charge >= 0.3 is 7.82 Å². The van der Waals surface area contributed by atoms with E-state index in [9.17, 15) is 19.4 Å². The number of carbonyl (C=O) groups is 1. The van der Waals surface area contributed by atoms with Gasteiger partial charge in [-0.3, -0.25) is 13.8 Å². The van der Waals surface area contributed by atoms with Gasteiger partial charge in [0.25, 0.3) is 0 Å². The minimum Gasteiger partial charge on any atom is -0.394 e. The molecule has 0 saturated heterocycles. The average molecular weight is 397 g/mol. The van der Waals surface area contributed by atoms with Gasteiger partial charge in [-0.05, 0) is 6.42 Å². The number of carbonyl (C=O) groups excluding carboxylic acids is 1. The number of nitrogens with two attached hydrogens (primary N) is 1. The predicted octanol–water partition coefficient (Wildman–Crippen LogP) is 2.29. The second-order valence-electron chi connectivity index (χ2n) is 6.41. The predicted molar refractivity (Wildman–Crippen MR) is 99.6 cm³/mol. The van der Waals surface area contributed by atoms with Gasteiger partial charge in [0.1, 0.15) is 6.10 Å². The molecule has 2 unspecified atom stereocenters. The summed E-state index contributed by atoms with van der Waals surface area (Å²) in [6.45, 7) is 1.21. The molecule has 8 nitrogen and oxygen atoms in total. The van der Waals surface area contributed by atoms with E-state index < -0.39 is 32.4 Å². The van der Waals surface area contributed by atoms with Crippen LogP contribution in [0.3, 0.4) is 0 Å². The highest BCUT2D eigenvalue weighted by atomic mass is 31.2. The number of unbranched alkanes of at least 4 members (excludes halogenated alkanes) is 8. The molecule has 0 aliphatic rings. The Labute approximate surface area is 156 Å². The van der Waals surface area contributed by atoms with Crippen molar-refractivity contribution in [1.29, 1.82) is 0 Å². The summed E-state index contributed by atoms with van der Waals surface area (Å²) in [6.07, 6.45) is 6.72. The molecule has 156 valence electrons. The van der Waals surface area contributed by atoms with Gasteiger partial charge in [-0.25, -0.2) is 4.57 Å². The van der Waals surface area contributed by atoms with Crippen LogP contribution in [0.25, 0.3) is 0 Å². The fourth-order valence-corrected chi connectivity index (χ4v) is 3.48. The van der Waals surface area contributed by atoms with Gasteiger partial charge in [0, 0.05) is 13.0 Å². The Kier molecular flexibility index (Phi) is 15.5. The van der Waals surface area contributed by atoms with Crippen LogP contribution in [0.5, 0.6) is 0 Å². The van der Waals surface area contributed by atoms with Gasteiger partial charge in [0.15, 0.2) is 11.9 Å². The van der Waals surface area contributed by atoms with E-state index in [1.165, 1.54) is 32.1 Å². The molecule has 26 heavy (non-hydrogen) atoms. The summed E-state index contributed by atoms with van der Waals surface area (Å²) in [5.74, 6) is -0.528. The lowest BCUT2D eigenvalue weighted by Gasteiger charge is -2.23. The molecule has 0 rings (SSSR count). The van der Waals surface area contributed by atoms with Gasteiger partial charge in [-0.1, -0.05) is 58.3 Å².